The van der Waals surface area contributed by atoms with Crippen molar-refractivity contribution >= 4 is 5.91 Å². The van der Waals surface area contributed by atoms with Gasteiger partial charge in [-0.3, -0.25) is 9.69 Å². The maximum absolute atomic E-state index is 13.3. The minimum Gasteiger partial charge on any atom is -0.493 e. The number of hydrogen-bond donors (Lipinski definition) is 0. The molecule has 2 aromatic carbocycles. The van der Waals surface area contributed by atoms with Crippen molar-refractivity contribution in [3.05, 3.63) is 59.7 Å². The van der Waals surface area contributed by atoms with Crippen LogP contribution < -0.4 is 9.47 Å². The molecule has 2 saturated heterocycles. The van der Waals surface area contributed by atoms with E-state index in [1.807, 2.05) is 12.1 Å². The second-order valence-corrected chi connectivity index (χ2v) is 9.19. The number of carbonyl (C=O) groups excluding carboxylic acids is 1. The highest BCUT2D eigenvalue weighted by Crippen LogP contribution is 2.33. The van der Waals surface area contributed by atoms with Crippen LogP contribution >= 0.6 is 0 Å². The maximum atomic E-state index is 13.3. The average molecular weight is 437 g/mol. The van der Waals surface area contributed by atoms with Crippen LogP contribution in [0.4, 0.5) is 0 Å². The van der Waals surface area contributed by atoms with E-state index in [9.17, 15) is 4.79 Å². The van der Waals surface area contributed by atoms with Crippen LogP contribution in [0, 0.1) is 11.8 Å². The van der Waals surface area contributed by atoms with E-state index < -0.39 is 0 Å². The van der Waals surface area contributed by atoms with Crippen LogP contribution in [-0.4, -0.2) is 56.1 Å². The standard InChI is InChI=1S/C27H36N2O3/c1-31-25-12-6-10-23(26(25)32-2)19-28-15-7-11-24(20-28)27(30)29-16-13-22(14-17-29)18-21-8-4-3-5-9-21/h3-6,8-10,12,22,24H,7,11,13-20H2,1-2H3. The van der Waals surface area contributed by atoms with Gasteiger partial charge in [0, 0.05) is 31.7 Å². The second-order valence-electron chi connectivity index (χ2n) is 9.19. The molecule has 2 heterocycles. The highest BCUT2D eigenvalue weighted by Gasteiger charge is 2.31. The molecule has 2 fully saturated rings. The lowest BCUT2D eigenvalue weighted by Gasteiger charge is -2.38. The van der Waals surface area contributed by atoms with E-state index in [-0.39, 0.29) is 5.92 Å². The first-order valence-corrected chi connectivity index (χ1v) is 11.9. The summed E-state index contributed by atoms with van der Waals surface area (Å²) in [5.74, 6) is 2.69. The number of carbonyl (C=O) groups is 1. The Morgan fingerprint density at radius 2 is 1.72 bits per heavy atom. The van der Waals surface area contributed by atoms with Crippen molar-refractivity contribution in [1.29, 1.82) is 0 Å². The van der Waals surface area contributed by atoms with Crippen molar-refractivity contribution in [2.45, 2.75) is 38.6 Å². The van der Waals surface area contributed by atoms with E-state index >= 15 is 0 Å². The van der Waals surface area contributed by atoms with Gasteiger partial charge in [0.2, 0.25) is 5.91 Å². The fourth-order valence-corrected chi connectivity index (χ4v) is 5.28. The molecule has 1 atom stereocenters. The van der Waals surface area contributed by atoms with Crippen molar-refractivity contribution in [1.82, 2.24) is 9.80 Å². The number of likely N-dealkylation sites (tertiary alicyclic amines) is 2. The molecule has 172 valence electrons. The van der Waals surface area contributed by atoms with Crippen LogP contribution in [0.2, 0.25) is 0 Å². The van der Waals surface area contributed by atoms with Gasteiger partial charge in [0.1, 0.15) is 0 Å². The van der Waals surface area contributed by atoms with Gasteiger partial charge in [-0.1, -0.05) is 42.5 Å². The fraction of sp³-hybridized carbons (Fsp3) is 0.519. The van der Waals surface area contributed by atoms with E-state index in [1.54, 1.807) is 14.2 Å². The van der Waals surface area contributed by atoms with Crippen molar-refractivity contribution in [3.63, 3.8) is 0 Å². The summed E-state index contributed by atoms with van der Waals surface area (Å²) in [6.07, 6.45) is 5.40. The minimum absolute atomic E-state index is 0.103. The molecular weight excluding hydrogens is 400 g/mol. The molecule has 2 aliphatic heterocycles. The number of methoxy groups -OCH3 is 2. The van der Waals surface area contributed by atoms with E-state index in [2.05, 4.69) is 46.2 Å². The minimum atomic E-state index is 0.103. The number of benzene rings is 2. The Balaban J connectivity index is 1.30. The van der Waals surface area contributed by atoms with Gasteiger partial charge in [-0.2, -0.15) is 0 Å². The number of hydrogen-bond acceptors (Lipinski definition) is 4. The van der Waals surface area contributed by atoms with Crippen LogP contribution in [0.15, 0.2) is 48.5 Å². The third-order valence-electron chi connectivity index (χ3n) is 7.03. The van der Waals surface area contributed by atoms with Gasteiger partial charge in [0.25, 0.3) is 0 Å². The third-order valence-corrected chi connectivity index (χ3v) is 7.03. The SMILES string of the molecule is COc1cccc(CN2CCCC(C(=O)N3CCC(Cc4ccccc4)CC3)C2)c1OC. The largest absolute Gasteiger partial charge is 0.493 e. The zero-order chi connectivity index (χ0) is 22.3. The van der Waals surface area contributed by atoms with Crippen LogP contribution in [0.3, 0.4) is 0 Å². The highest BCUT2D eigenvalue weighted by atomic mass is 16.5. The first-order valence-electron chi connectivity index (χ1n) is 11.9. The molecule has 2 aromatic rings. The Labute approximate surface area is 192 Å². The molecule has 0 radical (unpaired) electrons. The van der Waals surface area contributed by atoms with Gasteiger partial charge in [-0.25, -0.2) is 0 Å². The molecule has 5 heteroatoms. The molecule has 1 unspecified atom stereocenters. The molecular formula is C27H36N2O3. The Hall–Kier alpha value is -2.53. The molecule has 0 saturated carbocycles. The fourth-order valence-electron chi connectivity index (χ4n) is 5.28. The summed E-state index contributed by atoms with van der Waals surface area (Å²) in [6, 6.07) is 16.7. The summed E-state index contributed by atoms with van der Waals surface area (Å²) in [4.78, 5) is 17.8. The first-order chi connectivity index (χ1) is 15.7. The van der Waals surface area contributed by atoms with Gasteiger partial charge in [-0.05, 0) is 56.2 Å². The molecule has 4 rings (SSSR count). The first kappa shape index (κ1) is 22.7. The van der Waals surface area contributed by atoms with Crippen LogP contribution in [0.25, 0.3) is 0 Å². The Bertz CT molecular complexity index is 878. The summed E-state index contributed by atoms with van der Waals surface area (Å²) >= 11 is 0. The quantitative estimate of drug-likeness (QED) is 0.645. The predicted octanol–water partition coefficient (Wildman–Crippen LogP) is 4.40. The van der Waals surface area contributed by atoms with E-state index in [0.29, 0.717) is 11.8 Å². The zero-order valence-electron chi connectivity index (χ0n) is 19.5. The molecule has 0 spiro atoms. The van der Waals surface area contributed by atoms with E-state index in [4.69, 9.17) is 9.47 Å². The normalized spacial score (nSPS) is 20.2. The molecule has 5 nitrogen and oxygen atoms in total. The molecule has 0 N–H and O–H groups in total. The number of ether oxygens (including phenoxy) is 2. The van der Waals surface area contributed by atoms with Gasteiger partial charge in [-0.15, -0.1) is 0 Å². The molecule has 0 aliphatic carbocycles. The number of para-hydroxylation sites is 1. The number of piperidine rings is 2. The van der Waals surface area contributed by atoms with Crippen molar-refractivity contribution < 1.29 is 14.3 Å². The summed E-state index contributed by atoms with van der Waals surface area (Å²) in [5, 5.41) is 0. The predicted molar refractivity (Wildman–Crippen MR) is 127 cm³/mol. The monoisotopic (exact) mass is 436 g/mol. The van der Waals surface area contributed by atoms with Crippen molar-refractivity contribution in [2.24, 2.45) is 11.8 Å². The maximum Gasteiger partial charge on any atom is 0.226 e. The second kappa shape index (κ2) is 10.9. The lowest BCUT2D eigenvalue weighted by Crippen LogP contribution is -2.47. The average Bonchev–Trinajstić information content (AvgIpc) is 2.84. The van der Waals surface area contributed by atoms with Gasteiger partial charge in [0.15, 0.2) is 11.5 Å². The number of rotatable bonds is 7. The highest BCUT2D eigenvalue weighted by molar-refractivity contribution is 5.79. The van der Waals surface area contributed by atoms with Crippen LogP contribution in [-0.2, 0) is 17.8 Å². The summed E-state index contributed by atoms with van der Waals surface area (Å²) < 4.78 is 11.1. The molecule has 0 bridgehead atoms. The van der Waals surface area contributed by atoms with Crippen molar-refractivity contribution in [3.8, 4) is 11.5 Å². The lowest BCUT2D eigenvalue weighted by atomic mass is 9.89. The third kappa shape index (κ3) is 5.44. The van der Waals surface area contributed by atoms with Gasteiger partial charge < -0.3 is 14.4 Å². The molecule has 0 aromatic heterocycles. The lowest BCUT2D eigenvalue weighted by molar-refractivity contribution is -0.138. The van der Waals surface area contributed by atoms with Gasteiger partial charge in [0.05, 0.1) is 20.1 Å². The summed E-state index contributed by atoms with van der Waals surface area (Å²) in [6.45, 7) is 4.42. The van der Waals surface area contributed by atoms with Crippen molar-refractivity contribution in [2.75, 3.05) is 40.4 Å². The topological polar surface area (TPSA) is 42.0 Å². The summed E-state index contributed by atoms with van der Waals surface area (Å²) in [5.41, 5.74) is 2.52. The molecule has 32 heavy (non-hydrogen) atoms. The zero-order valence-corrected chi connectivity index (χ0v) is 19.5. The van der Waals surface area contributed by atoms with Crippen LogP contribution in [0.1, 0.15) is 36.8 Å². The number of amides is 1. The molecule has 1 amide bonds. The van der Waals surface area contributed by atoms with Gasteiger partial charge >= 0.3 is 0 Å². The number of nitrogens with zero attached hydrogens (tertiary/aromatic N) is 2. The Morgan fingerprint density at radius 1 is 0.938 bits per heavy atom. The molecule has 2 aliphatic rings. The Morgan fingerprint density at radius 3 is 2.44 bits per heavy atom. The smallest absolute Gasteiger partial charge is 0.226 e. The van der Waals surface area contributed by atoms with E-state index in [1.165, 1.54) is 5.56 Å². The Kier molecular flexibility index (Phi) is 7.69. The van der Waals surface area contributed by atoms with E-state index in [0.717, 1.165) is 81.9 Å². The van der Waals surface area contributed by atoms with Crippen LogP contribution in [0.5, 0.6) is 11.5 Å². The summed E-state index contributed by atoms with van der Waals surface area (Å²) in [7, 11) is 3.35.